The van der Waals surface area contributed by atoms with E-state index < -0.39 is 0 Å². The van der Waals surface area contributed by atoms with Gasteiger partial charge in [-0.05, 0) is 37.0 Å². The molecule has 1 unspecified atom stereocenters. The number of carbonyl (C=O) groups excluding carboxylic acids is 2. The lowest BCUT2D eigenvalue weighted by Crippen LogP contribution is -2.38. The fraction of sp³-hybridized carbons (Fsp3) is 0.400. The molecule has 0 saturated carbocycles. The quantitative estimate of drug-likeness (QED) is 0.639. The highest BCUT2D eigenvalue weighted by Gasteiger charge is 2.34. The lowest BCUT2D eigenvalue weighted by atomic mass is 10.1. The maximum Gasteiger partial charge on any atom is 0.242 e. The van der Waals surface area contributed by atoms with Gasteiger partial charge in [-0.25, -0.2) is 4.98 Å². The van der Waals surface area contributed by atoms with Gasteiger partial charge >= 0.3 is 0 Å². The van der Waals surface area contributed by atoms with Crippen LogP contribution in [0.25, 0.3) is 11.0 Å². The highest BCUT2D eigenvalue weighted by atomic mass is 16.2. The number of para-hydroxylation sites is 2. The second-order valence-electron chi connectivity index (χ2n) is 8.65. The van der Waals surface area contributed by atoms with Crippen molar-refractivity contribution in [2.45, 2.75) is 44.7 Å². The molecule has 2 amide bonds. The summed E-state index contributed by atoms with van der Waals surface area (Å²) in [6.45, 7) is 3.22. The van der Waals surface area contributed by atoms with Gasteiger partial charge in [0, 0.05) is 38.5 Å². The van der Waals surface area contributed by atoms with Gasteiger partial charge in [0.05, 0.1) is 11.0 Å². The first-order chi connectivity index (χ1) is 15.2. The number of hydrogen-bond acceptors (Lipinski definition) is 3. The van der Waals surface area contributed by atoms with E-state index in [1.54, 1.807) is 0 Å². The first-order valence-electron chi connectivity index (χ1n) is 11.2. The first kappa shape index (κ1) is 19.8. The number of amides is 2. The number of piperidine rings is 1. The number of nitrogens with zero attached hydrogens (tertiary/aromatic N) is 4. The fourth-order valence-corrected chi connectivity index (χ4v) is 4.85. The fourth-order valence-electron chi connectivity index (χ4n) is 4.85. The van der Waals surface area contributed by atoms with E-state index in [2.05, 4.69) is 4.57 Å². The number of benzene rings is 2. The number of rotatable bonds is 5. The van der Waals surface area contributed by atoms with E-state index in [1.807, 2.05) is 64.4 Å². The van der Waals surface area contributed by atoms with E-state index in [0.717, 1.165) is 48.4 Å². The average molecular weight is 417 g/mol. The van der Waals surface area contributed by atoms with Gasteiger partial charge in [0.2, 0.25) is 11.8 Å². The third-order valence-corrected chi connectivity index (χ3v) is 6.48. The molecule has 31 heavy (non-hydrogen) atoms. The Labute approximate surface area is 182 Å². The SMILES string of the molecule is O=C(Cn1c(C2CC(=O)N(Cc3ccccc3)C2)nc2ccccc21)N1CCCCC1. The standard InChI is InChI=1S/C25H28N4O2/c30-23-15-20(17-28(23)16-19-9-3-1-4-10-19)25-26-21-11-5-6-12-22(21)29(25)18-24(31)27-13-7-2-8-14-27/h1,3-6,9-12,20H,2,7-8,13-18H2. The molecule has 0 bridgehead atoms. The summed E-state index contributed by atoms with van der Waals surface area (Å²) in [5, 5.41) is 0. The van der Waals surface area contributed by atoms with Crippen molar-refractivity contribution in [1.29, 1.82) is 0 Å². The third-order valence-electron chi connectivity index (χ3n) is 6.48. The van der Waals surface area contributed by atoms with Crippen LogP contribution in [0.3, 0.4) is 0 Å². The molecule has 1 atom stereocenters. The molecule has 5 rings (SSSR count). The van der Waals surface area contributed by atoms with Crippen molar-refractivity contribution in [2.75, 3.05) is 19.6 Å². The van der Waals surface area contributed by atoms with E-state index in [9.17, 15) is 9.59 Å². The minimum absolute atomic E-state index is 0.00207. The zero-order valence-corrected chi connectivity index (χ0v) is 17.7. The second-order valence-corrected chi connectivity index (χ2v) is 8.65. The maximum atomic E-state index is 13.0. The predicted molar refractivity (Wildman–Crippen MR) is 119 cm³/mol. The van der Waals surface area contributed by atoms with Gasteiger partial charge in [0.25, 0.3) is 0 Å². The van der Waals surface area contributed by atoms with Gasteiger partial charge < -0.3 is 14.4 Å². The number of likely N-dealkylation sites (tertiary alicyclic amines) is 2. The Morgan fingerprint density at radius 1 is 0.968 bits per heavy atom. The minimum atomic E-state index is -0.00207. The molecule has 2 aliphatic rings. The molecule has 3 aromatic rings. The Bertz CT molecular complexity index is 1090. The van der Waals surface area contributed by atoms with Gasteiger partial charge in [-0.2, -0.15) is 0 Å². The summed E-state index contributed by atoms with van der Waals surface area (Å²) in [6.07, 6.45) is 3.79. The van der Waals surface area contributed by atoms with Crippen LogP contribution in [-0.2, 0) is 22.7 Å². The zero-order chi connectivity index (χ0) is 21.2. The molecule has 160 valence electrons. The van der Waals surface area contributed by atoms with Crippen LogP contribution < -0.4 is 0 Å². The lowest BCUT2D eigenvalue weighted by Gasteiger charge is -2.27. The van der Waals surface area contributed by atoms with Crippen LogP contribution in [0.2, 0.25) is 0 Å². The van der Waals surface area contributed by atoms with E-state index in [4.69, 9.17) is 4.98 Å². The highest BCUT2D eigenvalue weighted by Crippen LogP contribution is 2.31. The molecule has 0 N–H and O–H groups in total. The van der Waals surface area contributed by atoms with Crippen molar-refractivity contribution < 1.29 is 9.59 Å². The van der Waals surface area contributed by atoms with Crippen LogP contribution in [0, 0.1) is 0 Å². The third kappa shape index (κ3) is 4.07. The second kappa shape index (κ2) is 8.53. The van der Waals surface area contributed by atoms with Gasteiger partial charge in [0.15, 0.2) is 0 Å². The van der Waals surface area contributed by atoms with Crippen LogP contribution in [0.4, 0.5) is 0 Å². The molecule has 2 fully saturated rings. The zero-order valence-electron chi connectivity index (χ0n) is 17.7. The molecule has 0 aliphatic carbocycles. The molecule has 0 spiro atoms. The molecule has 0 radical (unpaired) electrons. The molecule has 2 aliphatic heterocycles. The minimum Gasteiger partial charge on any atom is -0.341 e. The van der Waals surface area contributed by atoms with E-state index >= 15 is 0 Å². The summed E-state index contributed by atoms with van der Waals surface area (Å²) < 4.78 is 2.05. The lowest BCUT2D eigenvalue weighted by molar-refractivity contribution is -0.132. The average Bonchev–Trinajstić information content (AvgIpc) is 3.35. The largest absolute Gasteiger partial charge is 0.341 e. The van der Waals surface area contributed by atoms with Crippen molar-refractivity contribution in [3.05, 3.63) is 66.0 Å². The van der Waals surface area contributed by atoms with E-state index in [1.165, 1.54) is 6.42 Å². The predicted octanol–water partition coefficient (Wildman–Crippen LogP) is 3.56. The molecular formula is C25H28N4O2. The molecule has 6 nitrogen and oxygen atoms in total. The van der Waals surface area contributed by atoms with Gasteiger partial charge in [-0.1, -0.05) is 42.5 Å². The normalized spacial score (nSPS) is 19.4. The Balaban J connectivity index is 1.41. The summed E-state index contributed by atoms with van der Waals surface area (Å²) in [6, 6.07) is 18.0. The van der Waals surface area contributed by atoms with Crippen molar-refractivity contribution in [1.82, 2.24) is 19.4 Å². The van der Waals surface area contributed by atoms with Crippen LogP contribution >= 0.6 is 0 Å². The Morgan fingerprint density at radius 3 is 2.52 bits per heavy atom. The van der Waals surface area contributed by atoms with Gasteiger partial charge in [0.1, 0.15) is 12.4 Å². The Morgan fingerprint density at radius 2 is 1.71 bits per heavy atom. The molecule has 2 aromatic carbocycles. The topological polar surface area (TPSA) is 58.4 Å². The number of fused-ring (bicyclic) bond motifs is 1. The van der Waals surface area contributed by atoms with Crippen LogP contribution in [0.5, 0.6) is 0 Å². The maximum absolute atomic E-state index is 13.0. The van der Waals surface area contributed by atoms with Crippen molar-refractivity contribution >= 4 is 22.8 Å². The number of aromatic nitrogens is 2. The Hall–Kier alpha value is -3.15. The highest BCUT2D eigenvalue weighted by molar-refractivity contribution is 5.83. The van der Waals surface area contributed by atoms with Crippen LogP contribution in [0.1, 0.15) is 43.0 Å². The van der Waals surface area contributed by atoms with Crippen LogP contribution in [-0.4, -0.2) is 50.8 Å². The molecule has 1 aromatic heterocycles. The summed E-state index contributed by atoms with van der Waals surface area (Å²) in [5.74, 6) is 1.15. The molecule has 3 heterocycles. The number of hydrogen-bond donors (Lipinski definition) is 0. The van der Waals surface area contributed by atoms with Crippen molar-refractivity contribution in [3.8, 4) is 0 Å². The summed E-state index contributed by atoms with van der Waals surface area (Å²) in [7, 11) is 0. The summed E-state index contributed by atoms with van der Waals surface area (Å²) >= 11 is 0. The molecule has 2 saturated heterocycles. The van der Waals surface area contributed by atoms with Crippen LogP contribution in [0.15, 0.2) is 54.6 Å². The monoisotopic (exact) mass is 416 g/mol. The smallest absolute Gasteiger partial charge is 0.242 e. The molecular weight excluding hydrogens is 388 g/mol. The number of imidazole rings is 1. The molecule has 6 heteroatoms. The summed E-state index contributed by atoms with van der Waals surface area (Å²) in [4.78, 5) is 34.6. The first-order valence-corrected chi connectivity index (χ1v) is 11.2. The van der Waals surface area contributed by atoms with Gasteiger partial charge in [-0.15, -0.1) is 0 Å². The van der Waals surface area contributed by atoms with Crippen molar-refractivity contribution in [3.63, 3.8) is 0 Å². The van der Waals surface area contributed by atoms with Crippen molar-refractivity contribution in [2.24, 2.45) is 0 Å². The van der Waals surface area contributed by atoms with Gasteiger partial charge in [-0.3, -0.25) is 9.59 Å². The summed E-state index contributed by atoms with van der Waals surface area (Å²) in [5.41, 5.74) is 2.99. The number of carbonyl (C=O) groups is 2. The van der Waals surface area contributed by atoms with E-state index in [0.29, 0.717) is 26.1 Å². The Kier molecular flexibility index (Phi) is 5.45. The van der Waals surface area contributed by atoms with E-state index in [-0.39, 0.29) is 17.7 Å².